The van der Waals surface area contributed by atoms with Crippen LogP contribution in [0.15, 0.2) is 24.3 Å². The number of aliphatic carboxylic acids is 1. The molecule has 0 aliphatic carbocycles. The number of carbonyl (C=O) groups is 1. The molecule has 0 aromatic heterocycles. The largest absolute Gasteiger partial charge is 0.491 e. The summed E-state index contributed by atoms with van der Waals surface area (Å²) in [4.78, 5) is 13.3. The fourth-order valence-corrected chi connectivity index (χ4v) is 2.28. The van der Waals surface area contributed by atoms with Crippen LogP contribution in [0.3, 0.4) is 0 Å². The van der Waals surface area contributed by atoms with Crippen LogP contribution in [0.25, 0.3) is 0 Å². The van der Waals surface area contributed by atoms with Crippen LogP contribution in [0.4, 0.5) is 5.69 Å². The average Bonchev–Trinajstić information content (AvgIpc) is 2.61. The van der Waals surface area contributed by atoms with E-state index in [1.54, 1.807) is 0 Å². The monoisotopic (exact) mass is 264 g/mol. The molecule has 1 aromatic carbocycles. The molecule has 2 rings (SSSR count). The topological polar surface area (TPSA) is 61.8 Å². The van der Waals surface area contributed by atoms with E-state index in [4.69, 9.17) is 4.74 Å². The van der Waals surface area contributed by atoms with Crippen molar-refractivity contribution in [2.75, 3.05) is 31.1 Å². The summed E-state index contributed by atoms with van der Waals surface area (Å²) < 4.78 is 5.67. The molecule has 1 aromatic rings. The SMILES string of the molecule is CCNC(CN1CCCOc2ccccc21)C(=O)O. The second-order valence-corrected chi connectivity index (χ2v) is 4.56. The van der Waals surface area contributed by atoms with Crippen LogP contribution < -0.4 is 15.0 Å². The Morgan fingerprint density at radius 3 is 3.05 bits per heavy atom. The number of benzene rings is 1. The predicted octanol–water partition coefficient (Wildman–Crippen LogP) is 1.34. The molecule has 2 N–H and O–H groups in total. The number of ether oxygens (including phenoxy) is 1. The van der Waals surface area contributed by atoms with Crippen molar-refractivity contribution < 1.29 is 14.6 Å². The molecule has 0 spiro atoms. The molecule has 5 heteroatoms. The summed E-state index contributed by atoms with van der Waals surface area (Å²) in [5.41, 5.74) is 0.976. The van der Waals surface area contributed by atoms with Crippen LogP contribution in [-0.2, 0) is 4.79 Å². The minimum atomic E-state index is -0.815. The molecule has 19 heavy (non-hydrogen) atoms. The van der Waals surface area contributed by atoms with Crippen molar-refractivity contribution in [1.82, 2.24) is 5.32 Å². The van der Waals surface area contributed by atoms with Crippen molar-refractivity contribution in [1.29, 1.82) is 0 Å². The van der Waals surface area contributed by atoms with Gasteiger partial charge in [0.2, 0.25) is 0 Å². The Morgan fingerprint density at radius 2 is 2.32 bits per heavy atom. The van der Waals surface area contributed by atoms with Gasteiger partial charge in [-0.1, -0.05) is 19.1 Å². The number of hydrogen-bond acceptors (Lipinski definition) is 4. The first-order valence-electron chi connectivity index (χ1n) is 6.65. The summed E-state index contributed by atoms with van der Waals surface area (Å²) in [5.74, 6) is 0.0186. The molecule has 0 fully saturated rings. The molecule has 0 radical (unpaired) electrons. The molecule has 0 saturated carbocycles. The lowest BCUT2D eigenvalue weighted by atomic mass is 10.2. The maximum Gasteiger partial charge on any atom is 0.322 e. The first-order chi connectivity index (χ1) is 9.22. The Hall–Kier alpha value is -1.75. The highest BCUT2D eigenvalue weighted by molar-refractivity contribution is 5.75. The van der Waals surface area contributed by atoms with E-state index in [1.165, 1.54) is 0 Å². The Morgan fingerprint density at radius 1 is 1.53 bits per heavy atom. The van der Waals surface area contributed by atoms with Gasteiger partial charge in [-0.25, -0.2) is 0 Å². The second kappa shape index (κ2) is 6.43. The normalized spacial score (nSPS) is 16.2. The van der Waals surface area contributed by atoms with Crippen molar-refractivity contribution in [3.63, 3.8) is 0 Å². The lowest BCUT2D eigenvalue weighted by molar-refractivity contribution is -0.139. The van der Waals surface area contributed by atoms with Gasteiger partial charge in [0.15, 0.2) is 0 Å². The van der Waals surface area contributed by atoms with Crippen LogP contribution in [0.1, 0.15) is 13.3 Å². The lowest BCUT2D eigenvalue weighted by Crippen LogP contribution is -2.46. The first-order valence-corrected chi connectivity index (χ1v) is 6.65. The first kappa shape index (κ1) is 13.7. The highest BCUT2D eigenvalue weighted by atomic mass is 16.5. The smallest absolute Gasteiger partial charge is 0.322 e. The number of rotatable bonds is 5. The van der Waals surface area contributed by atoms with Gasteiger partial charge in [-0.15, -0.1) is 0 Å². The minimum absolute atomic E-state index is 0.448. The predicted molar refractivity (Wildman–Crippen MR) is 73.9 cm³/mol. The van der Waals surface area contributed by atoms with Crippen molar-refractivity contribution >= 4 is 11.7 Å². The number of nitrogens with zero attached hydrogens (tertiary/aromatic N) is 1. The zero-order valence-corrected chi connectivity index (χ0v) is 11.1. The maximum atomic E-state index is 11.2. The zero-order chi connectivity index (χ0) is 13.7. The molecule has 1 aliphatic heterocycles. The van der Waals surface area contributed by atoms with Gasteiger partial charge in [0.25, 0.3) is 0 Å². The van der Waals surface area contributed by atoms with Crippen LogP contribution in [-0.4, -0.2) is 43.4 Å². The summed E-state index contributed by atoms with van der Waals surface area (Å²) in [6.45, 7) is 4.49. The van der Waals surface area contributed by atoms with Crippen LogP contribution in [0.2, 0.25) is 0 Å². The second-order valence-electron chi connectivity index (χ2n) is 4.56. The van der Waals surface area contributed by atoms with Crippen LogP contribution in [0.5, 0.6) is 5.75 Å². The fraction of sp³-hybridized carbons (Fsp3) is 0.500. The van der Waals surface area contributed by atoms with Gasteiger partial charge in [0.05, 0.1) is 12.3 Å². The van der Waals surface area contributed by atoms with Gasteiger partial charge in [0, 0.05) is 13.1 Å². The van der Waals surface area contributed by atoms with Gasteiger partial charge in [-0.3, -0.25) is 4.79 Å². The quantitative estimate of drug-likeness (QED) is 0.840. The molecular formula is C14H20N2O3. The van der Waals surface area contributed by atoms with Gasteiger partial charge < -0.3 is 20.1 Å². The molecular weight excluding hydrogens is 244 g/mol. The number of nitrogens with one attached hydrogen (secondary N) is 1. The van der Waals surface area contributed by atoms with E-state index in [-0.39, 0.29) is 0 Å². The average molecular weight is 264 g/mol. The summed E-state index contributed by atoms with van der Waals surface area (Å²) in [5, 5.41) is 12.2. The maximum absolute atomic E-state index is 11.2. The standard InChI is InChI=1S/C14H20N2O3/c1-2-15-11(14(17)18)10-16-8-5-9-19-13-7-4-3-6-12(13)16/h3-4,6-7,11,15H,2,5,8-10H2,1H3,(H,17,18). The van der Waals surface area contributed by atoms with E-state index >= 15 is 0 Å². The highest BCUT2D eigenvalue weighted by Gasteiger charge is 2.23. The molecule has 0 amide bonds. The Kier molecular flexibility index (Phi) is 4.63. The number of anilines is 1. The van der Waals surface area contributed by atoms with E-state index in [9.17, 15) is 9.90 Å². The molecule has 0 bridgehead atoms. The summed E-state index contributed by atoms with van der Waals surface area (Å²) >= 11 is 0. The molecule has 1 heterocycles. The number of fused-ring (bicyclic) bond motifs is 1. The number of para-hydroxylation sites is 2. The van der Waals surface area contributed by atoms with Crippen molar-refractivity contribution in [3.8, 4) is 5.75 Å². The van der Waals surface area contributed by atoms with Gasteiger partial charge >= 0.3 is 5.97 Å². The molecule has 104 valence electrons. The Bertz CT molecular complexity index is 436. The lowest BCUT2D eigenvalue weighted by Gasteiger charge is -2.27. The van der Waals surface area contributed by atoms with Gasteiger partial charge in [-0.05, 0) is 25.1 Å². The van der Waals surface area contributed by atoms with Crippen LogP contribution >= 0.6 is 0 Å². The minimum Gasteiger partial charge on any atom is -0.491 e. The summed E-state index contributed by atoms with van der Waals surface area (Å²) in [6.07, 6.45) is 0.896. The van der Waals surface area contributed by atoms with Crippen molar-refractivity contribution in [3.05, 3.63) is 24.3 Å². The Balaban J connectivity index is 2.17. The van der Waals surface area contributed by atoms with E-state index in [2.05, 4.69) is 10.2 Å². The third kappa shape index (κ3) is 3.38. The van der Waals surface area contributed by atoms with E-state index in [0.29, 0.717) is 19.7 Å². The summed E-state index contributed by atoms with van der Waals surface area (Å²) in [6, 6.07) is 7.23. The summed E-state index contributed by atoms with van der Waals surface area (Å²) in [7, 11) is 0. The molecule has 5 nitrogen and oxygen atoms in total. The molecule has 1 atom stereocenters. The number of hydrogen-bond donors (Lipinski definition) is 2. The van der Waals surface area contributed by atoms with Gasteiger partial charge in [0.1, 0.15) is 11.8 Å². The van der Waals surface area contributed by atoms with Crippen LogP contribution in [0, 0.1) is 0 Å². The van der Waals surface area contributed by atoms with Gasteiger partial charge in [-0.2, -0.15) is 0 Å². The fourth-order valence-electron chi connectivity index (χ4n) is 2.28. The molecule has 1 unspecified atom stereocenters. The van der Waals surface area contributed by atoms with E-state index < -0.39 is 12.0 Å². The van der Waals surface area contributed by atoms with Crippen molar-refractivity contribution in [2.45, 2.75) is 19.4 Å². The van der Waals surface area contributed by atoms with E-state index in [0.717, 1.165) is 24.4 Å². The van der Waals surface area contributed by atoms with Crippen molar-refractivity contribution in [2.24, 2.45) is 0 Å². The Labute approximate surface area is 113 Å². The molecule has 0 saturated heterocycles. The van der Waals surface area contributed by atoms with E-state index in [1.807, 2.05) is 31.2 Å². The molecule has 1 aliphatic rings. The third-order valence-corrected chi connectivity index (χ3v) is 3.19. The zero-order valence-electron chi connectivity index (χ0n) is 11.1. The number of likely N-dealkylation sites (N-methyl/N-ethyl adjacent to an activating group) is 1. The number of carboxylic acid groups (broad SMARTS) is 1. The third-order valence-electron chi connectivity index (χ3n) is 3.19. The number of carboxylic acids is 1. The highest BCUT2D eigenvalue weighted by Crippen LogP contribution is 2.30.